The molecule has 4 rings (SSSR count). The quantitative estimate of drug-likeness (QED) is 0.685. The van der Waals surface area contributed by atoms with Crippen molar-refractivity contribution in [2.45, 2.75) is 32.9 Å². The average Bonchev–Trinajstić information content (AvgIpc) is 2.91. The summed E-state index contributed by atoms with van der Waals surface area (Å²) in [6.07, 6.45) is 2.17. The van der Waals surface area contributed by atoms with Gasteiger partial charge in [-0.2, -0.15) is 0 Å². The molecule has 0 aliphatic carbocycles. The lowest BCUT2D eigenvalue weighted by atomic mass is 9.96. The summed E-state index contributed by atoms with van der Waals surface area (Å²) in [5.41, 5.74) is 2.95. The van der Waals surface area contributed by atoms with Crippen molar-refractivity contribution in [3.05, 3.63) is 65.5 Å². The Bertz CT molecular complexity index is 891. The Hall–Kier alpha value is -2.27. The molecule has 1 fully saturated rings. The van der Waals surface area contributed by atoms with Crippen LogP contribution in [-0.4, -0.2) is 27.5 Å². The van der Waals surface area contributed by atoms with E-state index in [2.05, 4.69) is 39.6 Å². The molecule has 5 heteroatoms. The molecule has 1 aliphatic rings. The number of hydrogen-bond acceptors (Lipinski definition) is 2. The van der Waals surface area contributed by atoms with Crippen molar-refractivity contribution < 1.29 is 8.78 Å². The number of hydrogen-bond donors (Lipinski definition) is 0. The Morgan fingerprint density at radius 3 is 2.46 bits per heavy atom. The average molecular weight is 355 g/mol. The molecule has 136 valence electrons. The number of piperidine rings is 1. The third-order valence-corrected chi connectivity index (χ3v) is 5.32. The second-order valence-electron chi connectivity index (χ2n) is 7.26. The van der Waals surface area contributed by atoms with Gasteiger partial charge in [-0.05, 0) is 68.6 Å². The van der Waals surface area contributed by atoms with Crippen molar-refractivity contribution in [3.8, 4) is 0 Å². The summed E-state index contributed by atoms with van der Waals surface area (Å²) in [6.45, 7) is 5.56. The van der Waals surface area contributed by atoms with Crippen LogP contribution >= 0.6 is 0 Å². The molecule has 2 aromatic carbocycles. The van der Waals surface area contributed by atoms with E-state index in [1.807, 2.05) is 6.07 Å². The van der Waals surface area contributed by atoms with Crippen LogP contribution in [0, 0.1) is 24.5 Å². The topological polar surface area (TPSA) is 21.1 Å². The smallest absolute Gasteiger partial charge is 0.126 e. The van der Waals surface area contributed by atoms with Crippen LogP contribution < -0.4 is 0 Å². The molecule has 3 aromatic rings. The van der Waals surface area contributed by atoms with Crippen LogP contribution in [-0.2, 0) is 13.1 Å². The third kappa shape index (κ3) is 3.63. The van der Waals surface area contributed by atoms with Crippen molar-refractivity contribution in [1.82, 2.24) is 14.5 Å². The number of para-hydroxylation sites is 2. The molecule has 3 nitrogen and oxygen atoms in total. The number of halogens is 2. The van der Waals surface area contributed by atoms with Gasteiger partial charge in [-0.3, -0.25) is 4.90 Å². The summed E-state index contributed by atoms with van der Waals surface area (Å²) in [5.74, 6) is 0.658. The first-order chi connectivity index (χ1) is 12.6. The minimum Gasteiger partial charge on any atom is -0.328 e. The Morgan fingerprint density at radius 2 is 1.73 bits per heavy atom. The van der Waals surface area contributed by atoms with E-state index in [0.717, 1.165) is 49.9 Å². The maximum Gasteiger partial charge on any atom is 0.126 e. The minimum atomic E-state index is -0.502. The van der Waals surface area contributed by atoms with E-state index in [1.54, 1.807) is 0 Å². The molecule has 0 N–H and O–H groups in total. The highest BCUT2D eigenvalue weighted by atomic mass is 19.1. The molecule has 0 saturated carbocycles. The Morgan fingerprint density at radius 1 is 1.04 bits per heavy atom. The molecule has 0 bridgehead atoms. The predicted molar refractivity (Wildman–Crippen MR) is 98.8 cm³/mol. The van der Waals surface area contributed by atoms with Crippen LogP contribution in [0.15, 0.2) is 42.5 Å². The molecule has 26 heavy (non-hydrogen) atoms. The van der Waals surface area contributed by atoms with Gasteiger partial charge in [-0.1, -0.05) is 12.1 Å². The third-order valence-electron chi connectivity index (χ3n) is 5.32. The molecule has 0 atom stereocenters. The van der Waals surface area contributed by atoms with Crippen molar-refractivity contribution in [2.24, 2.45) is 5.92 Å². The maximum atomic E-state index is 13.4. The van der Waals surface area contributed by atoms with Gasteiger partial charge in [0.05, 0.1) is 11.0 Å². The molecule has 0 spiro atoms. The van der Waals surface area contributed by atoms with E-state index in [0.29, 0.717) is 18.0 Å². The van der Waals surface area contributed by atoms with Crippen molar-refractivity contribution >= 4 is 11.0 Å². The standard InChI is InChI=1S/C21H23F2N3/c1-15-24-20-4-2-3-5-21(20)26(15)14-16-6-8-25(9-7-16)13-17-10-18(22)12-19(23)11-17/h2-5,10-12,16H,6-9,13-14H2,1H3. The minimum absolute atomic E-state index is 0.502. The van der Waals surface area contributed by atoms with Crippen LogP contribution in [0.3, 0.4) is 0 Å². The maximum absolute atomic E-state index is 13.4. The van der Waals surface area contributed by atoms with Gasteiger partial charge < -0.3 is 4.57 Å². The normalized spacial score (nSPS) is 16.4. The van der Waals surface area contributed by atoms with Gasteiger partial charge in [0.1, 0.15) is 17.5 Å². The van der Waals surface area contributed by atoms with Crippen molar-refractivity contribution in [3.63, 3.8) is 0 Å². The lowest BCUT2D eigenvalue weighted by Crippen LogP contribution is -2.34. The zero-order valence-corrected chi connectivity index (χ0v) is 15.0. The summed E-state index contributed by atoms with van der Waals surface area (Å²) in [4.78, 5) is 6.93. The van der Waals surface area contributed by atoms with Gasteiger partial charge in [0, 0.05) is 19.2 Å². The van der Waals surface area contributed by atoms with Crippen LogP contribution in [0.25, 0.3) is 11.0 Å². The van der Waals surface area contributed by atoms with Crippen LogP contribution in [0.4, 0.5) is 8.78 Å². The highest BCUT2D eigenvalue weighted by Gasteiger charge is 2.21. The summed E-state index contributed by atoms with van der Waals surface area (Å²) in [5, 5.41) is 0. The second-order valence-corrected chi connectivity index (χ2v) is 7.26. The molecule has 2 heterocycles. The van der Waals surface area contributed by atoms with Gasteiger partial charge in [0.25, 0.3) is 0 Å². The summed E-state index contributed by atoms with van der Waals surface area (Å²) in [7, 11) is 0. The molecular formula is C21H23F2N3. The van der Waals surface area contributed by atoms with E-state index in [4.69, 9.17) is 0 Å². The number of benzene rings is 2. The Kier molecular flexibility index (Phi) is 4.72. The van der Waals surface area contributed by atoms with Crippen LogP contribution in [0.2, 0.25) is 0 Å². The van der Waals surface area contributed by atoms with E-state index >= 15 is 0 Å². The Labute approximate surface area is 152 Å². The molecule has 1 aliphatic heterocycles. The zero-order valence-electron chi connectivity index (χ0n) is 15.0. The lowest BCUT2D eigenvalue weighted by molar-refractivity contribution is 0.167. The van der Waals surface area contributed by atoms with Crippen molar-refractivity contribution in [2.75, 3.05) is 13.1 Å². The number of nitrogens with zero attached hydrogens (tertiary/aromatic N) is 3. The number of rotatable bonds is 4. The van der Waals surface area contributed by atoms with Gasteiger partial charge in [-0.15, -0.1) is 0 Å². The van der Waals surface area contributed by atoms with Crippen molar-refractivity contribution in [1.29, 1.82) is 0 Å². The van der Waals surface area contributed by atoms with Gasteiger partial charge in [0.15, 0.2) is 0 Å². The molecule has 0 unspecified atom stereocenters. The summed E-state index contributed by atoms with van der Waals surface area (Å²) in [6, 6.07) is 12.0. The van der Waals surface area contributed by atoms with Gasteiger partial charge in [0.2, 0.25) is 0 Å². The van der Waals surface area contributed by atoms with E-state index in [-0.39, 0.29) is 0 Å². The summed E-state index contributed by atoms with van der Waals surface area (Å²) >= 11 is 0. The molecule has 1 saturated heterocycles. The van der Waals surface area contributed by atoms with E-state index in [1.165, 1.54) is 17.6 Å². The van der Waals surface area contributed by atoms with Crippen LogP contribution in [0.1, 0.15) is 24.2 Å². The summed E-state index contributed by atoms with van der Waals surface area (Å²) < 4.78 is 29.0. The lowest BCUT2D eigenvalue weighted by Gasteiger charge is -2.32. The first-order valence-corrected chi connectivity index (χ1v) is 9.18. The van der Waals surface area contributed by atoms with Crippen LogP contribution in [0.5, 0.6) is 0 Å². The fourth-order valence-corrected chi connectivity index (χ4v) is 3.97. The highest BCUT2D eigenvalue weighted by molar-refractivity contribution is 5.75. The SMILES string of the molecule is Cc1nc2ccccc2n1CC1CCN(Cc2cc(F)cc(F)c2)CC1. The fourth-order valence-electron chi connectivity index (χ4n) is 3.97. The number of likely N-dealkylation sites (tertiary alicyclic amines) is 1. The van der Waals surface area contributed by atoms with E-state index in [9.17, 15) is 8.78 Å². The molecule has 1 aromatic heterocycles. The van der Waals surface area contributed by atoms with E-state index < -0.39 is 11.6 Å². The van der Waals surface area contributed by atoms with Gasteiger partial charge in [-0.25, -0.2) is 13.8 Å². The number of aromatic nitrogens is 2. The first kappa shape index (κ1) is 17.2. The number of aryl methyl sites for hydroxylation is 1. The second kappa shape index (κ2) is 7.16. The fraction of sp³-hybridized carbons (Fsp3) is 0.381. The first-order valence-electron chi connectivity index (χ1n) is 9.18. The molecule has 0 amide bonds. The monoisotopic (exact) mass is 355 g/mol. The Balaban J connectivity index is 1.38. The molecule has 0 radical (unpaired) electrons. The van der Waals surface area contributed by atoms with Gasteiger partial charge >= 0.3 is 0 Å². The number of imidazole rings is 1. The molecular weight excluding hydrogens is 332 g/mol. The predicted octanol–water partition coefficient (Wildman–Crippen LogP) is 4.54. The zero-order chi connectivity index (χ0) is 18.1. The largest absolute Gasteiger partial charge is 0.328 e. The number of fused-ring (bicyclic) bond motifs is 1. The highest BCUT2D eigenvalue weighted by Crippen LogP contribution is 2.24.